The molecule has 1 saturated heterocycles. The minimum atomic E-state index is 0.229. The SMILES string of the molecule is COc1ccc(C)cc1C[NH+](C)CC(=O)N1CCN(c2ccccc2)CC1. The number of ether oxygens (including phenoxy) is 1. The topological polar surface area (TPSA) is 37.2 Å². The molecule has 1 aliphatic rings. The van der Waals surface area contributed by atoms with Crippen molar-refractivity contribution in [2.24, 2.45) is 0 Å². The van der Waals surface area contributed by atoms with Gasteiger partial charge in [-0.1, -0.05) is 29.8 Å². The van der Waals surface area contributed by atoms with Gasteiger partial charge in [-0.3, -0.25) is 4.79 Å². The number of quaternary nitrogens is 1. The van der Waals surface area contributed by atoms with Crippen LogP contribution >= 0.6 is 0 Å². The monoisotopic (exact) mass is 368 g/mol. The summed E-state index contributed by atoms with van der Waals surface area (Å²) in [6.45, 7) is 6.71. The molecule has 27 heavy (non-hydrogen) atoms. The molecule has 0 spiro atoms. The van der Waals surface area contributed by atoms with Crippen molar-refractivity contribution in [3.63, 3.8) is 0 Å². The number of anilines is 1. The van der Waals surface area contributed by atoms with Gasteiger partial charge in [-0.2, -0.15) is 0 Å². The summed E-state index contributed by atoms with van der Waals surface area (Å²) in [5, 5.41) is 0. The molecule has 1 unspecified atom stereocenters. The summed E-state index contributed by atoms with van der Waals surface area (Å²) in [7, 11) is 3.76. The van der Waals surface area contributed by atoms with Crippen LogP contribution in [0.5, 0.6) is 5.75 Å². The molecule has 1 amide bonds. The Balaban J connectivity index is 1.51. The Bertz CT molecular complexity index is 755. The molecule has 0 saturated carbocycles. The van der Waals surface area contributed by atoms with Crippen LogP contribution in [-0.4, -0.2) is 57.7 Å². The number of hydrogen-bond acceptors (Lipinski definition) is 3. The second-order valence-electron chi connectivity index (χ2n) is 7.33. The first-order valence-corrected chi connectivity index (χ1v) is 9.59. The molecule has 5 heteroatoms. The average Bonchev–Trinajstić information content (AvgIpc) is 2.69. The predicted octanol–water partition coefficient (Wildman–Crippen LogP) is 1.37. The molecule has 1 N–H and O–H groups in total. The van der Waals surface area contributed by atoms with Gasteiger partial charge in [0, 0.05) is 37.4 Å². The second kappa shape index (κ2) is 8.91. The Kier molecular flexibility index (Phi) is 6.35. The fourth-order valence-corrected chi connectivity index (χ4v) is 3.66. The lowest BCUT2D eigenvalue weighted by Gasteiger charge is -2.36. The molecule has 3 rings (SSSR count). The fourth-order valence-electron chi connectivity index (χ4n) is 3.66. The maximum absolute atomic E-state index is 12.7. The van der Waals surface area contributed by atoms with Gasteiger partial charge in [-0.05, 0) is 31.2 Å². The van der Waals surface area contributed by atoms with Gasteiger partial charge < -0.3 is 19.4 Å². The lowest BCUT2D eigenvalue weighted by atomic mass is 10.1. The van der Waals surface area contributed by atoms with E-state index in [1.807, 2.05) is 17.0 Å². The minimum Gasteiger partial charge on any atom is -0.496 e. The highest BCUT2D eigenvalue weighted by Crippen LogP contribution is 2.18. The zero-order valence-electron chi connectivity index (χ0n) is 16.6. The Morgan fingerprint density at radius 1 is 1.07 bits per heavy atom. The molecule has 5 nitrogen and oxygen atoms in total. The van der Waals surface area contributed by atoms with Crippen molar-refractivity contribution < 1.29 is 14.4 Å². The molecule has 2 aromatic carbocycles. The Morgan fingerprint density at radius 2 is 1.78 bits per heavy atom. The van der Waals surface area contributed by atoms with Gasteiger partial charge >= 0.3 is 0 Å². The highest BCUT2D eigenvalue weighted by Gasteiger charge is 2.23. The van der Waals surface area contributed by atoms with E-state index in [1.54, 1.807) is 7.11 Å². The van der Waals surface area contributed by atoms with Crippen LogP contribution in [0.25, 0.3) is 0 Å². The zero-order valence-corrected chi connectivity index (χ0v) is 16.6. The number of aryl methyl sites for hydroxylation is 1. The van der Waals surface area contributed by atoms with Crippen LogP contribution in [0, 0.1) is 6.92 Å². The van der Waals surface area contributed by atoms with E-state index in [2.05, 4.69) is 55.3 Å². The summed E-state index contributed by atoms with van der Waals surface area (Å²) >= 11 is 0. The Hall–Kier alpha value is -2.53. The van der Waals surface area contributed by atoms with Crippen LogP contribution < -0.4 is 14.5 Å². The maximum atomic E-state index is 12.7. The normalized spacial score (nSPS) is 15.5. The standard InChI is InChI=1S/C22H29N3O2/c1-18-9-10-21(27-3)19(15-18)16-23(2)17-22(26)25-13-11-24(12-14-25)20-7-5-4-6-8-20/h4-10,15H,11-14,16-17H2,1-3H3/p+1. The minimum absolute atomic E-state index is 0.229. The molecule has 1 aliphatic heterocycles. The summed E-state index contributed by atoms with van der Waals surface area (Å²) in [6, 6.07) is 16.6. The summed E-state index contributed by atoms with van der Waals surface area (Å²) in [6.07, 6.45) is 0. The average molecular weight is 369 g/mol. The summed E-state index contributed by atoms with van der Waals surface area (Å²) < 4.78 is 5.46. The third kappa shape index (κ3) is 5.01. The first-order chi connectivity index (χ1) is 13.1. The number of carbonyl (C=O) groups excluding carboxylic acids is 1. The van der Waals surface area contributed by atoms with Crippen LogP contribution in [0.15, 0.2) is 48.5 Å². The third-order valence-corrected chi connectivity index (χ3v) is 5.13. The molecule has 0 aliphatic carbocycles. The molecule has 1 fully saturated rings. The number of para-hydroxylation sites is 1. The van der Waals surface area contributed by atoms with E-state index in [9.17, 15) is 4.79 Å². The van der Waals surface area contributed by atoms with Gasteiger partial charge in [-0.15, -0.1) is 0 Å². The third-order valence-electron chi connectivity index (χ3n) is 5.13. The lowest BCUT2D eigenvalue weighted by molar-refractivity contribution is -0.885. The Labute approximate surface area is 162 Å². The molecule has 144 valence electrons. The lowest BCUT2D eigenvalue weighted by Crippen LogP contribution is -3.09. The summed E-state index contributed by atoms with van der Waals surface area (Å²) in [5.74, 6) is 1.12. The van der Waals surface area contributed by atoms with Crippen molar-refractivity contribution in [2.45, 2.75) is 13.5 Å². The zero-order chi connectivity index (χ0) is 19.2. The summed E-state index contributed by atoms with van der Waals surface area (Å²) in [5.41, 5.74) is 3.59. The van der Waals surface area contributed by atoms with Gasteiger partial charge in [-0.25, -0.2) is 0 Å². The van der Waals surface area contributed by atoms with E-state index in [0.29, 0.717) is 6.54 Å². The molecule has 2 aromatic rings. The molecule has 1 atom stereocenters. The maximum Gasteiger partial charge on any atom is 0.277 e. The van der Waals surface area contributed by atoms with Gasteiger partial charge in [0.25, 0.3) is 5.91 Å². The van der Waals surface area contributed by atoms with Crippen molar-refractivity contribution >= 4 is 11.6 Å². The van der Waals surface area contributed by atoms with Crippen LogP contribution in [0.3, 0.4) is 0 Å². The van der Waals surface area contributed by atoms with Crippen LogP contribution in [0.2, 0.25) is 0 Å². The molecule has 0 bridgehead atoms. The number of rotatable bonds is 6. The van der Waals surface area contributed by atoms with Gasteiger partial charge in [0.1, 0.15) is 12.3 Å². The molecule has 1 heterocycles. The predicted molar refractivity (Wildman–Crippen MR) is 108 cm³/mol. The molecular weight excluding hydrogens is 338 g/mol. The van der Waals surface area contributed by atoms with E-state index in [-0.39, 0.29) is 5.91 Å². The van der Waals surface area contributed by atoms with Crippen LogP contribution in [0.1, 0.15) is 11.1 Å². The van der Waals surface area contributed by atoms with Crippen molar-refractivity contribution in [3.8, 4) is 5.75 Å². The van der Waals surface area contributed by atoms with E-state index in [0.717, 1.165) is 44.0 Å². The number of piperazine rings is 1. The fraction of sp³-hybridized carbons (Fsp3) is 0.409. The summed E-state index contributed by atoms with van der Waals surface area (Å²) in [4.78, 5) is 18.2. The number of amides is 1. The van der Waals surface area contributed by atoms with Crippen LogP contribution in [-0.2, 0) is 11.3 Å². The van der Waals surface area contributed by atoms with Gasteiger partial charge in [0.2, 0.25) is 0 Å². The highest BCUT2D eigenvalue weighted by molar-refractivity contribution is 5.77. The Morgan fingerprint density at radius 3 is 2.44 bits per heavy atom. The van der Waals surface area contributed by atoms with Crippen LogP contribution in [0.4, 0.5) is 5.69 Å². The second-order valence-corrected chi connectivity index (χ2v) is 7.33. The number of nitrogens with one attached hydrogen (secondary N) is 1. The number of hydrogen-bond donors (Lipinski definition) is 1. The number of likely N-dealkylation sites (N-methyl/N-ethyl adjacent to an activating group) is 1. The van der Waals surface area contributed by atoms with E-state index in [1.165, 1.54) is 16.2 Å². The van der Waals surface area contributed by atoms with Crippen molar-refractivity contribution in [1.29, 1.82) is 0 Å². The van der Waals surface area contributed by atoms with E-state index < -0.39 is 0 Å². The smallest absolute Gasteiger partial charge is 0.277 e. The van der Waals surface area contributed by atoms with Gasteiger partial charge in [0.05, 0.1) is 14.2 Å². The number of methoxy groups -OCH3 is 1. The molecule has 0 aromatic heterocycles. The first kappa shape index (κ1) is 19.2. The number of carbonyl (C=O) groups is 1. The van der Waals surface area contributed by atoms with Crippen molar-refractivity contribution in [2.75, 3.05) is 51.8 Å². The quantitative estimate of drug-likeness (QED) is 0.837. The van der Waals surface area contributed by atoms with Gasteiger partial charge in [0.15, 0.2) is 6.54 Å². The first-order valence-electron chi connectivity index (χ1n) is 9.59. The van der Waals surface area contributed by atoms with Crippen molar-refractivity contribution in [3.05, 3.63) is 59.7 Å². The highest BCUT2D eigenvalue weighted by atomic mass is 16.5. The molecular formula is C22H30N3O2+. The number of benzene rings is 2. The number of nitrogens with zero attached hydrogens (tertiary/aromatic N) is 2. The molecule has 0 radical (unpaired) electrons. The largest absolute Gasteiger partial charge is 0.496 e. The van der Waals surface area contributed by atoms with Crippen molar-refractivity contribution in [1.82, 2.24) is 4.90 Å². The van der Waals surface area contributed by atoms with E-state index >= 15 is 0 Å². The van der Waals surface area contributed by atoms with E-state index in [4.69, 9.17) is 4.74 Å².